The van der Waals surface area contributed by atoms with Gasteiger partial charge in [0.25, 0.3) is 5.91 Å². The largest absolute Gasteiger partial charge is 0.297 e. The lowest BCUT2D eigenvalue weighted by molar-refractivity contribution is 0.102. The van der Waals surface area contributed by atoms with E-state index in [1.54, 1.807) is 13.0 Å². The summed E-state index contributed by atoms with van der Waals surface area (Å²) in [5, 5.41) is 3.24. The van der Waals surface area contributed by atoms with E-state index in [1.165, 1.54) is 11.5 Å². The molecule has 1 heterocycles. The van der Waals surface area contributed by atoms with Crippen molar-refractivity contribution in [2.75, 3.05) is 5.32 Å². The quantitative estimate of drug-likeness (QED) is 0.866. The molecular formula is C11H11N3OS. The fraction of sp³-hybridized carbons (Fsp3) is 0.182. The van der Waals surface area contributed by atoms with Crippen molar-refractivity contribution in [2.24, 2.45) is 0 Å². The molecule has 4 nitrogen and oxygen atoms in total. The van der Waals surface area contributed by atoms with Gasteiger partial charge in [0.1, 0.15) is 5.82 Å². The van der Waals surface area contributed by atoms with E-state index >= 15 is 0 Å². The van der Waals surface area contributed by atoms with E-state index in [0.29, 0.717) is 16.5 Å². The Bertz CT molecular complexity index is 521. The second-order valence-corrected chi connectivity index (χ2v) is 4.22. The fourth-order valence-electron chi connectivity index (χ4n) is 1.30. The molecule has 0 atom stereocenters. The minimum atomic E-state index is -0.153. The topological polar surface area (TPSA) is 54.9 Å². The van der Waals surface area contributed by atoms with Gasteiger partial charge in [-0.3, -0.25) is 10.1 Å². The van der Waals surface area contributed by atoms with Crippen LogP contribution in [0.1, 0.15) is 21.7 Å². The number of hydrogen-bond donors (Lipinski definition) is 1. The number of anilines is 1. The number of carbonyl (C=O) groups is 1. The maximum Gasteiger partial charge on any atom is 0.257 e. The van der Waals surface area contributed by atoms with Gasteiger partial charge >= 0.3 is 0 Å². The molecule has 1 amide bonds. The summed E-state index contributed by atoms with van der Waals surface area (Å²) >= 11 is 1.18. The molecule has 0 aliphatic rings. The first kappa shape index (κ1) is 10.8. The fourth-order valence-corrected chi connectivity index (χ4v) is 1.87. The van der Waals surface area contributed by atoms with Crippen LogP contribution >= 0.6 is 11.5 Å². The molecule has 1 aromatic heterocycles. The maximum absolute atomic E-state index is 11.8. The number of carbonyl (C=O) groups excluding carboxylic acids is 1. The predicted molar refractivity (Wildman–Crippen MR) is 63.8 cm³/mol. The molecule has 0 saturated heterocycles. The monoisotopic (exact) mass is 233 g/mol. The van der Waals surface area contributed by atoms with Crippen LogP contribution in [0.15, 0.2) is 24.3 Å². The zero-order valence-electron chi connectivity index (χ0n) is 9.02. The summed E-state index contributed by atoms with van der Waals surface area (Å²) in [6.07, 6.45) is 0. The van der Waals surface area contributed by atoms with Gasteiger partial charge in [-0.15, -0.1) is 0 Å². The molecule has 0 fully saturated rings. The van der Waals surface area contributed by atoms with Crippen molar-refractivity contribution in [3.8, 4) is 0 Å². The minimum absolute atomic E-state index is 0.153. The van der Waals surface area contributed by atoms with Gasteiger partial charge in [-0.1, -0.05) is 17.7 Å². The second kappa shape index (κ2) is 4.40. The molecule has 0 aliphatic heterocycles. The first-order valence-electron chi connectivity index (χ1n) is 4.83. The molecule has 5 heteroatoms. The van der Waals surface area contributed by atoms with Crippen LogP contribution in [-0.2, 0) is 0 Å². The molecule has 82 valence electrons. The number of rotatable bonds is 2. The van der Waals surface area contributed by atoms with E-state index in [0.717, 1.165) is 5.56 Å². The lowest BCUT2D eigenvalue weighted by Crippen LogP contribution is -2.11. The molecule has 0 unspecified atom stereocenters. The number of aromatic nitrogens is 2. The SMILES string of the molecule is Cc1cccc(C(=O)Nc2nc(C)ns2)c1. The summed E-state index contributed by atoms with van der Waals surface area (Å²) in [6.45, 7) is 3.74. The molecule has 1 N–H and O–H groups in total. The number of benzene rings is 1. The van der Waals surface area contributed by atoms with Gasteiger partial charge in [0, 0.05) is 17.1 Å². The van der Waals surface area contributed by atoms with Gasteiger partial charge in [0.05, 0.1) is 0 Å². The normalized spacial score (nSPS) is 10.1. The first-order chi connectivity index (χ1) is 7.65. The zero-order chi connectivity index (χ0) is 11.5. The molecule has 0 bridgehead atoms. The molecule has 1 aromatic carbocycles. The summed E-state index contributed by atoms with van der Waals surface area (Å²) < 4.78 is 4.00. The van der Waals surface area contributed by atoms with Crippen LogP contribution in [0.25, 0.3) is 0 Å². The average molecular weight is 233 g/mol. The Labute approximate surface area is 97.5 Å². The van der Waals surface area contributed by atoms with Crippen LogP contribution in [0, 0.1) is 13.8 Å². The van der Waals surface area contributed by atoms with E-state index in [-0.39, 0.29) is 5.91 Å². The van der Waals surface area contributed by atoms with Gasteiger partial charge in [-0.05, 0) is 26.0 Å². The van der Waals surface area contributed by atoms with Crippen LogP contribution < -0.4 is 5.32 Å². The van der Waals surface area contributed by atoms with Crippen molar-refractivity contribution >= 4 is 22.6 Å². The smallest absolute Gasteiger partial charge is 0.257 e. The Kier molecular flexibility index (Phi) is 2.96. The number of amides is 1. The number of aryl methyl sites for hydroxylation is 2. The third kappa shape index (κ3) is 2.43. The van der Waals surface area contributed by atoms with Gasteiger partial charge in [-0.2, -0.15) is 4.37 Å². The van der Waals surface area contributed by atoms with Crippen molar-refractivity contribution in [2.45, 2.75) is 13.8 Å². The van der Waals surface area contributed by atoms with Gasteiger partial charge in [-0.25, -0.2) is 4.98 Å². The summed E-state index contributed by atoms with van der Waals surface area (Å²) in [6, 6.07) is 7.42. The van der Waals surface area contributed by atoms with E-state index in [2.05, 4.69) is 14.7 Å². The third-order valence-corrected chi connectivity index (χ3v) is 2.75. The van der Waals surface area contributed by atoms with E-state index in [4.69, 9.17) is 0 Å². The van der Waals surface area contributed by atoms with Crippen molar-refractivity contribution in [3.63, 3.8) is 0 Å². The van der Waals surface area contributed by atoms with Crippen LogP contribution in [0.4, 0.5) is 5.13 Å². The maximum atomic E-state index is 11.8. The standard InChI is InChI=1S/C11H11N3OS/c1-7-4-3-5-9(6-7)10(15)13-11-12-8(2)14-16-11/h3-6H,1-2H3,(H,12,13,14,15). The summed E-state index contributed by atoms with van der Waals surface area (Å²) in [5.41, 5.74) is 1.69. The molecule has 2 aromatic rings. The van der Waals surface area contributed by atoms with Crippen molar-refractivity contribution < 1.29 is 4.79 Å². The highest BCUT2D eigenvalue weighted by molar-refractivity contribution is 7.09. The molecule has 16 heavy (non-hydrogen) atoms. The van der Waals surface area contributed by atoms with Crippen molar-refractivity contribution in [1.82, 2.24) is 9.36 Å². The minimum Gasteiger partial charge on any atom is -0.297 e. The number of nitrogens with one attached hydrogen (secondary N) is 1. The van der Waals surface area contributed by atoms with Crippen LogP contribution in [-0.4, -0.2) is 15.3 Å². The Hall–Kier alpha value is -1.75. The highest BCUT2D eigenvalue weighted by atomic mass is 32.1. The van der Waals surface area contributed by atoms with Crippen LogP contribution in [0.3, 0.4) is 0 Å². The summed E-state index contributed by atoms with van der Waals surface area (Å²) in [4.78, 5) is 15.9. The van der Waals surface area contributed by atoms with Gasteiger partial charge < -0.3 is 0 Å². The molecule has 0 spiro atoms. The number of nitrogens with zero attached hydrogens (tertiary/aromatic N) is 2. The Balaban J connectivity index is 2.14. The lowest BCUT2D eigenvalue weighted by atomic mass is 10.1. The van der Waals surface area contributed by atoms with E-state index in [1.807, 2.05) is 25.1 Å². The number of hydrogen-bond acceptors (Lipinski definition) is 4. The molecule has 0 aliphatic carbocycles. The molecule has 0 radical (unpaired) electrons. The van der Waals surface area contributed by atoms with Gasteiger partial charge in [0.15, 0.2) is 0 Å². The summed E-state index contributed by atoms with van der Waals surface area (Å²) in [5.74, 6) is 0.518. The Morgan fingerprint density at radius 2 is 2.19 bits per heavy atom. The molecular weight excluding hydrogens is 222 g/mol. The molecule has 0 saturated carbocycles. The van der Waals surface area contributed by atoms with E-state index in [9.17, 15) is 4.79 Å². The Morgan fingerprint density at radius 1 is 1.38 bits per heavy atom. The van der Waals surface area contributed by atoms with Gasteiger partial charge in [0.2, 0.25) is 5.13 Å². The molecule has 2 rings (SSSR count). The first-order valence-corrected chi connectivity index (χ1v) is 5.61. The van der Waals surface area contributed by atoms with Crippen molar-refractivity contribution in [1.29, 1.82) is 0 Å². The predicted octanol–water partition coefficient (Wildman–Crippen LogP) is 2.41. The lowest BCUT2D eigenvalue weighted by Gasteiger charge is -2.01. The third-order valence-electron chi connectivity index (χ3n) is 2.03. The second-order valence-electron chi connectivity index (χ2n) is 3.47. The highest BCUT2D eigenvalue weighted by Gasteiger charge is 2.08. The average Bonchev–Trinajstić information content (AvgIpc) is 2.64. The van der Waals surface area contributed by atoms with Crippen LogP contribution in [0.2, 0.25) is 0 Å². The van der Waals surface area contributed by atoms with Crippen molar-refractivity contribution in [3.05, 3.63) is 41.2 Å². The summed E-state index contributed by atoms with van der Waals surface area (Å²) in [7, 11) is 0. The van der Waals surface area contributed by atoms with E-state index < -0.39 is 0 Å². The Morgan fingerprint density at radius 3 is 2.81 bits per heavy atom. The van der Waals surface area contributed by atoms with Crippen LogP contribution in [0.5, 0.6) is 0 Å². The highest BCUT2D eigenvalue weighted by Crippen LogP contribution is 2.12. The zero-order valence-corrected chi connectivity index (χ0v) is 9.84.